The van der Waals surface area contributed by atoms with Crippen molar-refractivity contribution < 1.29 is 9.13 Å². The molecule has 1 saturated heterocycles. The molecule has 1 N–H and O–H groups in total. The lowest BCUT2D eigenvalue weighted by atomic mass is 9.93. The minimum Gasteiger partial charge on any atom is -0.489 e. The number of rotatable bonds is 7. The molecular formula is C26H30Cl3FN8O. The van der Waals surface area contributed by atoms with Gasteiger partial charge in [-0.3, -0.25) is 0 Å². The van der Waals surface area contributed by atoms with Gasteiger partial charge in [-0.05, 0) is 57.5 Å². The molecule has 0 atom stereocenters. The van der Waals surface area contributed by atoms with Gasteiger partial charge in [0.15, 0.2) is 11.4 Å². The average molecular weight is 596 g/mol. The maximum Gasteiger partial charge on any atom is 0.196 e. The van der Waals surface area contributed by atoms with Crippen molar-refractivity contribution in [1.29, 1.82) is 0 Å². The molecule has 4 aromatic heterocycles. The molecule has 0 radical (unpaired) electrons. The molecule has 5 heterocycles. The lowest BCUT2D eigenvalue weighted by molar-refractivity contribution is 0.303. The van der Waals surface area contributed by atoms with Gasteiger partial charge in [0.1, 0.15) is 5.82 Å². The van der Waals surface area contributed by atoms with Crippen molar-refractivity contribution in [2.75, 3.05) is 19.7 Å². The minimum absolute atomic E-state index is 0. The van der Waals surface area contributed by atoms with Crippen molar-refractivity contribution in [2.24, 2.45) is 0 Å². The number of hydrogen-bond acceptors (Lipinski definition) is 7. The first-order chi connectivity index (χ1) is 17.6. The number of imidazole rings is 2. The number of piperidine rings is 1. The molecule has 0 spiro atoms. The van der Waals surface area contributed by atoms with Crippen LogP contribution in [0.5, 0.6) is 5.75 Å². The third-order valence-electron chi connectivity index (χ3n) is 6.62. The van der Waals surface area contributed by atoms with E-state index in [0.717, 1.165) is 50.3 Å². The highest BCUT2D eigenvalue weighted by Crippen LogP contribution is 2.31. The van der Waals surface area contributed by atoms with E-state index >= 15 is 4.39 Å². The van der Waals surface area contributed by atoms with E-state index in [2.05, 4.69) is 30.6 Å². The van der Waals surface area contributed by atoms with Crippen LogP contribution in [0.3, 0.4) is 0 Å². The first kappa shape index (κ1) is 30.5. The summed E-state index contributed by atoms with van der Waals surface area (Å²) in [5, 5.41) is 17.3. The smallest absolute Gasteiger partial charge is 0.196 e. The number of hydrogen-bond donors (Lipinski definition) is 1. The van der Waals surface area contributed by atoms with Crippen LogP contribution in [-0.2, 0) is 6.54 Å². The summed E-state index contributed by atoms with van der Waals surface area (Å²) >= 11 is 0. The topological polar surface area (TPSA) is 95.1 Å². The third kappa shape index (κ3) is 6.58. The molecule has 0 unspecified atom stereocenters. The Bertz CT molecular complexity index is 1520. The number of aromatic nitrogens is 7. The SMILES string of the molecule is Cc1cn2nc(-c3cc(F)c4cc(C5CCNCC5)nnc4c3)cc(OCCCn3ccnc3)c2n1.Cl.Cl.Cl. The van der Waals surface area contributed by atoms with Crippen molar-refractivity contribution in [3.8, 4) is 17.0 Å². The summed E-state index contributed by atoms with van der Waals surface area (Å²) in [6.45, 7) is 5.10. The fourth-order valence-electron chi connectivity index (χ4n) is 4.74. The number of aryl methyl sites for hydroxylation is 2. The Labute approximate surface area is 243 Å². The van der Waals surface area contributed by atoms with Crippen molar-refractivity contribution >= 4 is 53.8 Å². The molecule has 1 aromatic carbocycles. The fraction of sp³-hybridized carbons (Fsp3) is 0.346. The van der Waals surface area contributed by atoms with Crippen molar-refractivity contribution in [2.45, 2.75) is 38.6 Å². The first-order valence-corrected chi connectivity index (χ1v) is 12.3. The molecule has 0 bridgehead atoms. The summed E-state index contributed by atoms with van der Waals surface area (Å²) in [5.74, 6) is 0.579. The number of benzene rings is 1. The number of ether oxygens (including phenoxy) is 1. The maximum atomic E-state index is 15.3. The Balaban J connectivity index is 0.00000140. The summed E-state index contributed by atoms with van der Waals surface area (Å²) in [6, 6.07) is 7.01. The molecular weight excluding hydrogens is 566 g/mol. The normalized spacial score (nSPS) is 13.5. The van der Waals surface area contributed by atoms with Gasteiger partial charge in [-0.1, -0.05) is 0 Å². The summed E-state index contributed by atoms with van der Waals surface area (Å²) in [6.07, 6.45) is 10.1. The number of nitrogens with one attached hydrogen (secondary N) is 1. The standard InChI is InChI=1S/C26H27FN8O.3ClH/c1-17-15-35-26(30-17)25(36-10-2-8-34-9-7-29-16-34)14-23(33-35)19-11-21(27)20-13-22(31-32-24(20)12-19)18-3-5-28-6-4-18;;;/h7,9,11-16,18,28H,2-6,8,10H2,1H3;3*1H. The van der Waals surface area contributed by atoms with E-state index in [1.165, 1.54) is 6.07 Å². The van der Waals surface area contributed by atoms with Crippen LogP contribution in [0, 0.1) is 12.7 Å². The second-order valence-corrected chi connectivity index (χ2v) is 9.23. The largest absolute Gasteiger partial charge is 0.489 e. The van der Waals surface area contributed by atoms with Crippen LogP contribution >= 0.6 is 37.2 Å². The van der Waals surface area contributed by atoms with Gasteiger partial charge in [-0.25, -0.2) is 18.9 Å². The molecule has 0 aliphatic carbocycles. The van der Waals surface area contributed by atoms with Crippen LogP contribution in [0.1, 0.15) is 36.6 Å². The Kier molecular flexibility index (Phi) is 10.4. The zero-order valence-corrected chi connectivity index (χ0v) is 23.7. The Morgan fingerprint density at radius 3 is 2.67 bits per heavy atom. The van der Waals surface area contributed by atoms with Crippen LogP contribution < -0.4 is 10.1 Å². The van der Waals surface area contributed by atoms with Crippen LogP contribution in [0.4, 0.5) is 4.39 Å². The number of halogens is 4. The summed E-state index contributed by atoms with van der Waals surface area (Å²) in [7, 11) is 0. The van der Waals surface area contributed by atoms with Crippen LogP contribution in [0.15, 0.2) is 49.2 Å². The van der Waals surface area contributed by atoms with Gasteiger partial charge >= 0.3 is 0 Å². The molecule has 0 amide bonds. The monoisotopic (exact) mass is 594 g/mol. The van der Waals surface area contributed by atoms with Gasteiger partial charge in [0.2, 0.25) is 0 Å². The van der Waals surface area contributed by atoms with E-state index in [1.807, 2.05) is 42.1 Å². The second-order valence-electron chi connectivity index (χ2n) is 9.23. The number of fused-ring (bicyclic) bond motifs is 2. The van der Waals surface area contributed by atoms with E-state index in [-0.39, 0.29) is 43.0 Å². The van der Waals surface area contributed by atoms with E-state index in [1.54, 1.807) is 17.0 Å². The highest BCUT2D eigenvalue weighted by molar-refractivity contribution is 5.86. The lowest BCUT2D eigenvalue weighted by Crippen LogP contribution is -2.27. The predicted molar refractivity (Wildman–Crippen MR) is 155 cm³/mol. The van der Waals surface area contributed by atoms with Gasteiger partial charge in [0.05, 0.1) is 41.7 Å². The summed E-state index contributed by atoms with van der Waals surface area (Å²) in [5.41, 5.74) is 4.01. The second kappa shape index (κ2) is 13.3. The van der Waals surface area contributed by atoms with Crippen LogP contribution in [0.25, 0.3) is 27.8 Å². The van der Waals surface area contributed by atoms with Crippen LogP contribution in [0.2, 0.25) is 0 Å². The maximum absolute atomic E-state index is 15.3. The third-order valence-corrected chi connectivity index (χ3v) is 6.62. The van der Waals surface area contributed by atoms with E-state index in [4.69, 9.17) is 4.74 Å². The lowest BCUT2D eigenvalue weighted by Gasteiger charge is -2.21. The van der Waals surface area contributed by atoms with Crippen molar-refractivity contribution in [1.82, 2.24) is 39.7 Å². The molecule has 13 heteroatoms. The fourth-order valence-corrected chi connectivity index (χ4v) is 4.74. The van der Waals surface area contributed by atoms with Crippen LogP contribution in [-0.4, -0.2) is 54.0 Å². The molecule has 0 saturated carbocycles. The summed E-state index contributed by atoms with van der Waals surface area (Å²) < 4.78 is 25.1. The van der Waals surface area contributed by atoms with Gasteiger partial charge in [0, 0.05) is 41.9 Å². The zero-order valence-electron chi connectivity index (χ0n) is 21.3. The molecule has 39 heavy (non-hydrogen) atoms. The van der Waals surface area contributed by atoms with Gasteiger partial charge in [0.25, 0.3) is 0 Å². The van der Waals surface area contributed by atoms with Crippen molar-refractivity contribution in [3.05, 3.63) is 66.4 Å². The van der Waals surface area contributed by atoms with E-state index in [9.17, 15) is 0 Å². The molecule has 5 aromatic rings. The quantitative estimate of drug-likeness (QED) is 0.259. The number of nitrogens with zero attached hydrogens (tertiary/aromatic N) is 7. The average Bonchev–Trinajstić information content (AvgIpc) is 3.55. The first-order valence-electron chi connectivity index (χ1n) is 12.3. The Morgan fingerprint density at radius 2 is 1.90 bits per heavy atom. The predicted octanol–water partition coefficient (Wildman–Crippen LogP) is 5.19. The molecule has 1 aliphatic rings. The summed E-state index contributed by atoms with van der Waals surface area (Å²) in [4.78, 5) is 8.62. The van der Waals surface area contributed by atoms with Crippen molar-refractivity contribution in [3.63, 3.8) is 0 Å². The molecule has 9 nitrogen and oxygen atoms in total. The van der Waals surface area contributed by atoms with Gasteiger partial charge in [-0.2, -0.15) is 15.3 Å². The Morgan fingerprint density at radius 1 is 1.08 bits per heavy atom. The molecule has 1 aliphatic heterocycles. The molecule has 1 fully saturated rings. The molecule has 6 rings (SSSR count). The van der Waals surface area contributed by atoms with Gasteiger partial charge < -0.3 is 14.6 Å². The minimum atomic E-state index is -0.334. The van der Waals surface area contributed by atoms with E-state index < -0.39 is 0 Å². The Hall–Kier alpha value is -3.05. The molecule has 208 valence electrons. The highest BCUT2D eigenvalue weighted by Gasteiger charge is 2.19. The zero-order chi connectivity index (χ0) is 24.5. The van der Waals surface area contributed by atoms with E-state index in [0.29, 0.717) is 46.1 Å². The van der Waals surface area contributed by atoms with Gasteiger partial charge in [-0.15, -0.1) is 37.2 Å². The highest BCUT2D eigenvalue weighted by atomic mass is 35.5.